The summed E-state index contributed by atoms with van der Waals surface area (Å²) >= 11 is 0. The highest BCUT2D eigenvalue weighted by Crippen LogP contribution is 2.32. The number of nitrogens with zero attached hydrogens (tertiary/aromatic N) is 3. The van der Waals surface area contributed by atoms with Crippen molar-refractivity contribution in [3.63, 3.8) is 0 Å². The van der Waals surface area contributed by atoms with E-state index in [-0.39, 0.29) is 0 Å². The first-order valence-corrected chi connectivity index (χ1v) is 7.74. The maximum Gasteiger partial charge on any atom is 0.128 e. The van der Waals surface area contributed by atoms with Gasteiger partial charge in [-0.05, 0) is 31.4 Å². The topological polar surface area (TPSA) is 28.6 Å². The minimum absolute atomic E-state index is 0.662. The molecule has 2 bridgehead atoms. The fourth-order valence-corrected chi connectivity index (χ4v) is 3.59. The molecule has 2 fully saturated rings. The summed E-state index contributed by atoms with van der Waals surface area (Å²) in [5.74, 6) is 3.68. The second kappa shape index (κ2) is 6.46. The number of fused-ring (bicyclic) bond motifs is 2. The number of hydrogen-bond acceptors (Lipinski definition) is 4. The first-order chi connectivity index (χ1) is 10.3. The van der Waals surface area contributed by atoms with Gasteiger partial charge in [0.1, 0.15) is 5.82 Å². The molecule has 0 aliphatic carbocycles. The maximum atomic E-state index is 5.39. The first-order valence-electron chi connectivity index (χ1n) is 7.74. The van der Waals surface area contributed by atoms with Crippen LogP contribution in [0.25, 0.3) is 0 Å². The fourth-order valence-electron chi connectivity index (χ4n) is 3.59. The monoisotopic (exact) mass is 285 g/mol. The van der Waals surface area contributed by atoms with Gasteiger partial charge in [0, 0.05) is 57.2 Å². The molecular weight excluding hydrogens is 262 g/mol. The van der Waals surface area contributed by atoms with Gasteiger partial charge in [-0.25, -0.2) is 4.98 Å². The lowest BCUT2D eigenvalue weighted by molar-refractivity contribution is 0.134. The van der Waals surface area contributed by atoms with Crippen molar-refractivity contribution in [1.29, 1.82) is 0 Å². The Labute approximate surface area is 127 Å². The summed E-state index contributed by atoms with van der Waals surface area (Å²) in [6, 6.07) is 5.36. The van der Waals surface area contributed by atoms with Crippen LogP contribution in [-0.4, -0.2) is 55.3 Å². The van der Waals surface area contributed by atoms with Gasteiger partial charge in [0.2, 0.25) is 0 Å². The van der Waals surface area contributed by atoms with E-state index in [0.717, 1.165) is 44.0 Å². The number of rotatable bonds is 5. The molecule has 0 N–H and O–H groups in total. The van der Waals surface area contributed by atoms with Gasteiger partial charge in [-0.2, -0.15) is 0 Å². The highest BCUT2D eigenvalue weighted by Gasteiger charge is 2.39. The molecule has 2 atom stereocenters. The van der Waals surface area contributed by atoms with Crippen molar-refractivity contribution in [1.82, 2.24) is 9.88 Å². The Bertz CT molecular complexity index is 494. The van der Waals surface area contributed by atoms with Crippen molar-refractivity contribution in [2.75, 3.05) is 38.3 Å². The predicted octanol–water partition coefficient (Wildman–Crippen LogP) is 1.75. The van der Waals surface area contributed by atoms with Crippen LogP contribution >= 0.6 is 0 Å². The second-order valence-corrected chi connectivity index (χ2v) is 5.92. The van der Waals surface area contributed by atoms with E-state index in [2.05, 4.69) is 26.8 Å². The van der Waals surface area contributed by atoms with Gasteiger partial charge in [-0.1, -0.05) is 5.92 Å². The minimum Gasteiger partial charge on any atom is -0.385 e. The number of anilines is 1. The van der Waals surface area contributed by atoms with Crippen molar-refractivity contribution in [2.45, 2.75) is 31.3 Å². The van der Waals surface area contributed by atoms with Crippen LogP contribution in [0, 0.1) is 12.3 Å². The number of aromatic nitrogens is 1. The molecule has 0 spiro atoms. The van der Waals surface area contributed by atoms with Crippen molar-refractivity contribution in [3.05, 3.63) is 23.9 Å². The first kappa shape index (κ1) is 14.4. The average molecular weight is 285 g/mol. The molecule has 3 rings (SSSR count). The number of terminal acetylenes is 1. The third-order valence-corrected chi connectivity index (χ3v) is 4.64. The van der Waals surface area contributed by atoms with Crippen molar-refractivity contribution < 1.29 is 4.74 Å². The standard InChI is InChI=1S/C17H23N3O/c1-3-14-5-8-17(18-11-14)19-12-15-6-7-16(13-19)20(15)9-4-10-21-2/h1,5,8,11,15-16H,4,6-7,9-10,12-13H2,2H3. The molecule has 2 aliphatic heterocycles. The highest BCUT2D eigenvalue weighted by atomic mass is 16.5. The average Bonchev–Trinajstić information content (AvgIpc) is 2.76. The van der Waals surface area contributed by atoms with E-state index in [1.807, 2.05) is 6.07 Å². The van der Waals surface area contributed by atoms with Crippen LogP contribution in [0.15, 0.2) is 18.3 Å². The van der Waals surface area contributed by atoms with E-state index < -0.39 is 0 Å². The minimum atomic E-state index is 0.662. The van der Waals surface area contributed by atoms with Gasteiger partial charge >= 0.3 is 0 Å². The second-order valence-electron chi connectivity index (χ2n) is 5.92. The van der Waals surface area contributed by atoms with Gasteiger partial charge in [0.05, 0.1) is 0 Å². The normalized spacial score (nSPS) is 25.0. The van der Waals surface area contributed by atoms with Crippen LogP contribution in [0.2, 0.25) is 0 Å². The highest BCUT2D eigenvalue weighted by molar-refractivity contribution is 5.44. The molecule has 0 radical (unpaired) electrons. The Balaban J connectivity index is 1.63. The molecule has 1 aromatic heterocycles. The largest absolute Gasteiger partial charge is 0.385 e. The van der Waals surface area contributed by atoms with Crippen LogP contribution in [0.4, 0.5) is 5.82 Å². The number of piperazine rings is 1. The fraction of sp³-hybridized carbons (Fsp3) is 0.588. The lowest BCUT2D eigenvalue weighted by Gasteiger charge is -2.41. The Hall–Kier alpha value is -1.57. The van der Waals surface area contributed by atoms with E-state index in [0.29, 0.717) is 12.1 Å². The maximum absolute atomic E-state index is 5.39. The van der Waals surface area contributed by atoms with Gasteiger partial charge in [-0.15, -0.1) is 6.42 Å². The van der Waals surface area contributed by atoms with E-state index in [1.165, 1.54) is 12.8 Å². The SMILES string of the molecule is C#Cc1ccc(N2CC3CCC(C2)N3CCCOC)nc1. The molecule has 4 nitrogen and oxygen atoms in total. The van der Waals surface area contributed by atoms with Gasteiger partial charge in [-0.3, -0.25) is 4.90 Å². The van der Waals surface area contributed by atoms with Crippen LogP contribution in [0.1, 0.15) is 24.8 Å². The Kier molecular flexibility index (Phi) is 4.42. The van der Waals surface area contributed by atoms with Crippen LogP contribution < -0.4 is 4.90 Å². The quantitative estimate of drug-likeness (QED) is 0.609. The van der Waals surface area contributed by atoms with E-state index in [9.17, 15) is 0 Å². The van der Waals surface area contributed by atoms with E-state index >= 15 is 0 Å². The van der Waals surface area contributed by atoms with Crippen molar-refractivity contribution in [3.8, 4) is 12.3 Å². The molecule has 3 heterocycles. The summed E-state index contributed by atoms with van der Waals surface area (Å²) in [6.45, 7) is 4.16. The smallest absolute Gasteiger partial charge is 0.128 e. The van der Waals surface area contributed by atoms with Crippen molar-refractivity contribution in [2.24, 2.45) is 0 Å². The molecule has 4 heteroatoms. The number of pyridine rings is 1. The van der Waals surface area contributed by atoms with Crippen LogP contribution in [0.5, 0.6) is 0 Å². The number of ether oxygens (including phenoxy) is 1. The van der Waals surface area contributed by atoms with Crippen LogP contribution in [-0.2, 0) is 4.74 Å². The molecule has 21 heavy (non-hydrogen) atoms. The molecular formula is C17H23N3O. The third kappa shape index (κ3) is 3.04. The zero-order valence-electron chi connectivity index (χ0n) is 12.7. The summed E-state index contributed by atoms with van der Waals surface area (Å²) in [4.78, 5) is 9.60. The molecule has 0 aromatic carbocycles. The van der Waals surface area contributed by atoms with Gasteiger partial charge in [0.25, 0.3) is 0 Å². The van der Waals surface area contributed by atoms with Crippen molar-refractivity contribution >= 4 is 5.82 Å². The van der Waals surface area contributed by atoms with Gasteiger partial charge < -0.3 is 9.64 Å². The summed E-state index contributed by atoms with van der Waals surface area (Å²) in [5.41, 5.74) is 0.847. The summed E-state index contributed by atoms with van der Waals surface area (Å²) in [7, 11) is 1.78. The molecule has 2 saturated heterocycles. The molecule has 0 saturated carbocycles. The predicted molar refractivity (Wildman–Crippen MR) is 84.4 cm³/mol. The summed E-state index contributed by atoms with van der Waals surface area (Å²) < 4.78 is 5.17. The zero-order valence-corrected chi connectivity index (χ0v) is 12.7. The summed E-state index contributed by atoms with van der Waals surface area (Å²) in [5, 5.41) is 0. The molecule has 2 unspecified atom stereocenters. The molecule has 112 valence electrons. The Morgan fingerprint density at radius 2 is 2.10 bits per heavy atom. The lowest BCUT2D eigenvalue weighted by atomic mass is 10.1. The Morgan fingerprint density at radius 3 is 2.67 bits per heavy atom. The molecule has 2 aliphatic rings. The number of hydrogen-bond donors (Lipinski definition) is 0. The molecule has 1 aromatic rings. The van der Waals surface area contributed by atoms with E-state index in [4.69, 9.17) is 11.2 Å². The van der Waals surface area contributed by atoms with Crippen LogP contribution in [0.3, 0.4) is 0 Å². The third-order valence-electron chi connectivity index (χ3n) is 4.64. The molecule has 0 amide bonds. The number of methoxy groups -OCH3 is 1. The zero-order chi connectivity index (χ0) is 14.7. The Morgan fingerprint density at radius 1 is 1.33 bits per heavy atom. The summed E-state index contributed by atoms with van der Waals surface area (Å²) in [6.07, 6.45) is 10.9. The van der Waals surface area contributed by atoms with Gasteiger partial charge in [0.15, 0.2) is 0 Å². The van der Waals surface area contributed by atoms with E-state index in [1.54, 1.807) is 13.3 Å². The lowest BCUT2D eigenvalue weighted by Crippen LogP contribution is -2.54.